The monoisotopic (exact) mass is 222 g/mol. The molecule has 0 N–H and O–H groups in total. The molecule has 1 aliphatic carbocycles. The van der Waals surface area contributed by atoms with Crippen molar-refractivity contribution in [2.75, 3.05) is 6.61 Å². The molecular formula is C13H15ClO. The predicted molar refractivity (Wildman–Crippen MR) is 61.2 cm³/mol. The summed E-state index contributed by atoms with van der Waals surface area (Å²) in [6.07, 6.45) is 3.86. The second-order valence-electron chi connectivity index (χ2n) is 4.52. The molecule has 0 bridgehead atoms. The molecule has 2 aliphatic rings. The molecule has 2 heteroatoms. The van der Waals surface area contributed by atoms with Gasteiger partial charge < -0.3 is 4.74 Å². The van der Waals surface area contributed by atoms with Gasteiger partial charge >= 0.3 is 0 Å². The third-order valence-corrected chi connectivity index (χ3v) is 4.18. The summed E-state index contributed by atoms with van der Waals surface area (Å²) in [5.41, 5.74) is 2.73. The van der Waals surface area contributed by atoms with E-state index in [9.17, 15) is 0 Å². The molecule has 80 valence electrons. The molecule has 3 atom stereocenters. The quantitative estimate of drug-likeness (QED) is 0.663. The summed E-state index contributed by atoms with van der Waals surface area (Å²) in [6.45, 7) is 0.918. The van der Waals surface area contributed by atoms with Crippen molar-refractivity contribution in [3.63, 3.8) is 0 Å². The van der Waals surface area contributed by atoms with E-state index in [0.29, 0.717) is 12.0 Å². The maximum atomic E-state index is 6.51. The van der Waals surface area contributed by atoms with Gasteiger partial charge in [-0.25, -0.2) is 0 Å². The average molecular weight is 223 g/mol. The van der Waals surface area contributed by atoms with Crippen LogP contribution >= 0.6 is 11.6 Å². The summed E-state index contributed by atoms with van der Waals surface area (Å²) in [5, 5.41) is 0.157. The average Bonchev–Trinajstić information content (AvgIpc) is 2.87. The molecule has 1 nitrogen and oxygen atoms in total. The van der Waals surface area contributed by atoms with Gasteiger partial charge in [0.1, 0.15) is 0 Å². The fourth-order valence-electron chi connectivity index (χ4n) is 2.84. The van der Waals surface area contributed by atoms with E-state index in [0.717, 1.165) is 13.0 Å². The molecule has 1 saturated heterocycles. The van der Waals surface area contributed by atoms with Gasteiger partial charge in [-0.3, -0.25) is 0 Å². The van der Waals surface area contributed by atoms with Crippen molar-refractivity contribution in [2.45, 2.75) is 30.7 Å². The highest BCUT2D eigenvalue weighted by Crippen LogP contribution is 2.44. The third kappa shape index (κ3) is 1.58. The smallest absolute Gasteiger partial charge is 0.0644 e. The highest BCUT2D eigenvalue weighted by molar-refractivity contribution is 6.21. The Morgan fingerprint density at radius 2 is 2.13 bits per heavy atom. The molecule has 1 heterocycles. The van der Waals surface area contributed by atoms with Crippen LogP contribution in [0.4, 0.5) is 0 Å². The summed E-state index contributed by atoms with van der Waals surface area (Å²) in [5.74, 6) is 0.492. The molecule has 0 radical (unpaired) electrons. The number of halogens is 1. The van der Waals surface area contributed by atoms with Crippen molar-refractivity contribution in [3.8, 4) is 0 Å². The minimum Gasteiger partial charge on any atom is -0.378 e. The maximum absolute atomic E-state index is 6.51. The minimum atomic E-state index is 0.157. The molecule has 0 spiro atoms. The van der Waals surface area contributed by atoms with Crippen LogP contribution in [-0.4, -0.2) is 12.7 Å². The number of fused-ring (bicyclic) bond motifs is 1. The number of hydrogen-bond donors (Lipinski definition) is 0. The number of benzene rings is 1. The van der Waals surface area contributed by atoms with Crippen LogP contribution in [0.15, 0.2) is 24.3 Å². The van der Waals surface area contributed by atoms with Crippen molar-refractivity contribution in [1.82, 2.24) is 0 Å². The SMILES string of the molecule is ClC1c2ccccc2CC1C1CCCO1. The van der Waals surface area contributed by atoms with Crippen molar-refractivity contribution >= 4 is 11.6 Å². The Morgan fingerprint density at radius 3 is 2.87 bits per heavy atom. The Kier molecular flexibility index (Phi) is 2.45. The molecule has 0 saturated carbocycles. The highest BCUT2D eigenvalue weighted by atomic mass is 35.5. The molecule has 1 aliphatic heterocycles. The number of alkyl halides is 1. The fraction of sp³-hybridized carbons (Fsp3) is 0.538. The van der Waals surface area contributed by atoms with E-state index < -0.39 is 0 Å². The number of hydrogen-bond acceptors (Lipinski definition) is 1. The molecule has 1 aromatic carbocycles. The van der Waals surface area contributed by atoms with Gasteiger partial charge in [-0.1, -0.05) is 24.3 Å². The van der Waals surface area contributed by atoms with Gasteiger partial charge in [-0.05, 0) is 30.4 Å². The van der Waals surface area contributed by atoms with Crippen LogP contribution in [0.3, 0.4) is 0 Å². The first-order valence-corrected chi connectivity index (χ1v) is 6.13. The molecule has 3 rings (SSSR count). The zero-order chi connectivity index (χ0) is 10.3. The van der Waals surface area contributed by atoms with E-state index in [-0.39, 0.29) is 5.38 Å². The number of ether oxygens (including phenoxy) is 1. The van der Waals surface area contributed by atoms with Gasteiger partial charge in [-0.15, -0.1) is 11.6 Å². The Bertz CT molecular complexity index is 357. The molecular weight excluding hydrogens is 208 g/mol. The summed E-state index contributed by atoms with van der Waals surface area (Å²) in [7, 11) is 0. The molecule has 1 aromatic rings. The van der Waals surface area contributed by atoms with Crippen LogP contribution in [0.5, 0.6) is 0 Å². The maximum Gasteiger partial charge on any atom is 0.0644 e. The summed E-state index contributed by atoms with van der Waals surface area (Å²) in [6, 6.07) is 8.52. The lowest BCUT2D eigenvalue weighted by molar-refractivity contribution is 0.0649. The lowest BCUT2D eigenvalue weighted by atomic mass is 9.96. The standard InChI is InChI=1S/C13H15ClO/c14-13-10-5-2-1-4-9(10)8-11(13)12-6-3-7-15-12/h1-2,4-5,11-13H,3,6-8H2. The lowest BCUT2D eigenvalue weighted by Gasteiger charge is -2.20. The van der Waals surface area contributed by atoms with Gasteiger partial charge in [0, 0.05) is 12.5 Å². The zero-order valence-electron chi connectivity index (χ0n) is 8.66. The third-order valence-electron chi connectivity index (χ3n) is 3.63. The lowest BCUT2D eigenvalue weighted by Crippen LogP contribution is -2.21. The Labute approximate surface area is 95.4 Å². The first kappa shape index (κ1) is 9.68. The highest BCUT2D eigenvalue weighted by Gasteiger charge is 2.37. The van der Waals surface area contributed by atoms with Crippen LogP contribution in [0, 0.1) is 5.92 Å². The fourth-order valence-corrected chi connectivity index (χ4v) is 3.30. The van der Waals surface area contributed by atoms with Crippen molar-refractivity contribution in [2.24, 2.45) is 5.92 Å². The van der Waals surface area contributed by atoms with Gasteiger partial charge in [0.05, 0.1) is 11.5 Å². The van der Waals surface area contributed by atoms with E-state index >= 15 is 0 Å². The summed E-state index contributed by atoms with van der Waals surface area (Å²) in [4.78, 5) is 0. The zero-order valence-corrected chi connectivity index (χ0v) is 9.41. The van der Waals surface area contributed by atoms with Crippen LogP contribution < -0.4 is 0 Å². The summed E-state index contributed by atoms with van der Waals surface area (Å²) >= 11 is 6.51. The van der Waals surface area contributed by atoms with Gasteiger partial charge in [0.15, 0.2) is 0 Å². The Hall–Kier alpha value is -0.530. The van der Waals surface area contributed by atoms with Gasteiger partial charge in [-0.2, -0.15) is 0 Å². The van der Waals surface area contributed by atoms with Crippen LogP contribution in [0.25, 0.3) is 0 Å². The molecule has 15 heavy (non-hydrogen) atoms. The largest absolute Gasteiger partial charge is 0.378 e. The van der Waals surface area contributed by atoms with Crippen molar-refractivity contribution in [3.05, 3.63) is 35.4 Å². The summed E-state index contributed by atoms with van der Waals surface area (Å²) < 4.78 is 5.75. The van der Waals surface area contributed by atoms with Gasteiger partial charge in [0.25, 0.3) is 0 Å². The molecule has 0 aromatic heterocycles. The van der Waals surface area contributed by atoms with Gasteiger partial charge in [0.2, 0.25) is 0 Å². The van der Waals surface area contributed by atoms with Crippen LogP contribution in [0.2, 0.25) is 0 Å². The van der Waals surface area contributed by atoms with Crippen molar-refractivity contribution in [1.29, 1.82) is 0 Å². The second kappa shape index (κ2) is 3.80. The van der Waals surface area contributed by atoms with Crippen LogP contribution in [-0.2, 0) is 11.2 Å². The Morgan fingerprint density at radius 1 is 1.27 bits per heavy atom. The first-order valence-electron chi connectivity index (χ1n) is 5.70. The topological polar surface area (TPSA) is 9.23 Å². The Balaban J connectivity index is 1.86. The molecule has 3 unspecified atom stereocenters. The van der Waals surface area contributed by atoms with E-state index in [2.05, 4.69) is 24.3 Å². The predicted octanol–water partition coefficient (Wildman–Crippen LogP) is 3.32. The van der Waals surface area contributed by atoms with E-state index in [1.807, 2.05) is 0 Å². The van der Waals surface area contributed by atoms with Crippen LogP contribution in [0.1, 0.15) is 29.3 Å². The molecule has 0 amide bonds. The number of rotatable bonds is 1. The minimum absolute atomic E-state index is 0.157. The normalized spacial score (nSPS) is 34.3. The van der Waals surface area contributed by atoms with Crippen molar-refractivity contribution < 1.29 is 4.74 Å². The first-order chi connectivity index (χ1) is 7.36. The second-order valence-corrected chi connectivity index (χ2v) is 4.99. The van der Waals surface area contributed by atoms with E-state index in [1.54, 1.807) is 0 Å². The van der Waals surface area contributed by atoms with E-state index in [4.69, 9.17) is 16.3 Å². The van der Waals surface area contributed by atoms with E-state index in [1.165, 1.54) is 24.0 Å². The molecule has 1 fully saturated rings.